The number of halogens is 1. The maximum atomic E-state index is 4.49. The highest BCUT2D eigenvalue weighted by atomic mass is 79.9. The summed E-state index contributed by atoms with van der Waals surface area (Å²) in [6.45, 7) is 5.59. The molecule has 0 N–H and O–H groups in total. The van der Waals surface area contributed by atoms with E-state index in [-0.39, 0.29) is 0 Å². The monoisotopic (exact) mass is 346 g/mol. The number of imidazole rings is 1. The molecular formula is C16H19BrN4. The molecule has 1 saturated heterocycles. The zero-order valence-electron chi connectivity index (χ0n) is 12.0. The summed E-state index contributed by atoms with van der Waals surface area (Å²) in [5.74, 6) is 0. The first-order valence-corrected chi connectivity index (χ1v) is 8.32. The molecule has 4 nitrogen and oxygen atoms in total. The van der Waals surface area contributed by atoms with Gasteiger partial charge in [-0.3, -0.25) is 9.80 Å². The van der Waals surface area contributed by atoms with Gasteiger partial charge in [0.2, 0.25) is 0 Å². The van der Waals surface area contributed by atoms with E-state index in [9.17, 15) is 0 Å². The van der Waals surface area contributed by atoms with Crippen LogP contribution in [-0.2, 0) is 6.54 Å². The first kappa shape index (κ1) is 13.5. The molecule has 0 unspecified atom stereocenters. The summed E-state index contributed by atoms with van der Waals surface area (Å²) in [7, 11) is 0. The molecule has 5 heteroatoms. The van der Waals surface area contributed by atoms with Crippen LogP contribution >= 0.6 is 15.9 Å². The van der Waals surface area contributed by atoms with Gasteiger partial charge in [0.15, 0.2) is 0 Å². The van der Waals surface area contributed by atoms with Crippen LogP contribution < -0.4 is 0 Å². The van der Waals surface area contributed by atoms with Gasteiger partial charge in [-0.25, -0.2) is 4.98 Å². The molecule has 4 heterocycles. The molecule has 110 valence electrons. The summed E-state index contributed by atoms with van der Waals surface area (Å²) in [5.41, 5.74) is 2.29. The number of fused-ring (bicyclic) bond motifs is 1. The molecule has 0 saturated carbocycles. The largest absolute Gasteiger partial charge is 0.302 e. The number of rotatable bonds is 3. The van der Waals surface area contributed by atoms with Crippen LogP contribution in [0.1, 0.15) is 12.1 Å². The lowest BCUT2D eigenvalue weighted by molar-refractivity contribution is 0.236. The van der Waals surface area contributed by atoms with E-state index in [1.165, 1.54) is 25.2 Å². The van der Waals surface area contributed by atoms with Crippen LogP contribution in [0.4, 0.5) is 0 Å². The summed E-state index contributed by atoms with van der Waals surface area (Å²) in [6.07, 6.45) is 9.96. The van der Waals surface area contributed by atoms with Gasteiger partial charge in [0.05, 0.1) is 11.9 Å². The number of hydrogen-bond acceptors (Lipinski definition) is 3. The Morgan fingerprint density at radius 3 is 2.95 bits per heavy atom. The van der Waals surface area contributed by atoms with Gasteiger partial charge in [-0.05, 0) is 34.5 Å². The average Bonchev–Trinajstić information content (AvgIpc) is 3.20. The summed E-state index contributed by atoms with van der Waals surface area (Å²) in [6, 6.07) is 4.81. The third-order valence-electron chi connectivity index (χ3n) is 4.54. The van der Waals surface area contributed by atoms with Crippen molar-refractivity contribution in [2.45, 2.75) is 19.0 Å². The summed E-state index contributed by atoms with van der Waals surface area (Å²) in [4.78, 5) is 9.62. The number of pyridine rings is 1. The Hall–Kier alpha value is -1.17. The minimum atomic E-state index is 0.714. The van der Waals surface area contributed by atoms with Crippen LogP contribution in [0, 0.1) is 0 Å². The molecule has 0 radical (unpaired) electrons. The zero-order chi connectivity index (χ0) is 14.2. The zero-order valence-corrected chi connectivity index (χ0v) is 13.5. The Morgan fingerprint density at radius 1 is 1.24 bits per heavy atom. The Morgan fingerprint density at radius 2 is 2.10 bits per heavy atom. The van der Waals surface area contributed by atoms with E-state index < -0.39 is 0 Å². The lowest BCUT2D eigenvalue weighted by Crippen LogP contribution is -2.35. The van der Waals surface area contributed by atoms with Crippen molar-refractivity contribution in [3.05, 3.63) is 46.8 Å². The fourth-order valence-corrected chi connectivity index (χ4v) is 3.73. The predicted molar refractivity (Wildman–Crippen MR) is 87.3 cm³/mol. The maximum absolute atomic E-state index is 4.49. The second-order valence-electron chi connectivity index (χ2n) is 5.93. The van der Waals surface area contributed by atoms with Crippen molar-refractivity contribution in [2.24, 2.45) is 0 Å². The standard InChI is InChI=1S/C16H19BrN4/c17-13-3-4-16-18-9-15(21(16)10-13)12-19-8-5-14(11-19)20-6-1-2-7-20/h1-4,9-10,14H,5-8,11-12H2/t14-/m0/s1. The average molecular weight is 347 g/mol. The van der Waals surface area contributed by atoms with E-state index in [2.05, 4.69) is 59.5 Å². The lowest BCUT2D eigenvalue weighted by Gasteiger charge is -2.23. The van der Waals surface area contributed by atoms with Crippen LogP contribution in [-0.4, -0.2) is 51.4 Å². The van der Waals surface area contributed by atoms with E-state index in [0.29, 0.717) is 6.04 Å². The molecule has 0 bridgehead atoms. The van der Waals surface area contributed by atoms with Crippen molar-refractivity contribution in [2.75, 3.05) is 26.2 Å². The number of likely N-dealkylation sites (tertiary alicyclic amines) is 1. The highest BCUT2D eigenvalue weighted by Gasteiger charge is 2.28. The number of nitrogens with zero attached hydrogens (tertiary/aromatic N) is 4. The second-order valence-corrected chi connectivity index (χ2v) is 6.84. The second kappa shape index (κ2) is 5.55. The lowest BCUT2D eigenvalue weighted by atomic mass is 10.2. The molecule has 2 aliphatic heterocycles. The molecule has 2 aromatic heterocycles. The van der Waals surface area contributed by atoms with Gasteiger partial charge in [-0.15, -0.1) is 0 Å². The van der Waals surface area contributed by atoms with Gasteiger partial charge in [-0.2, -0.15) is 0 Å². The smallest absolute Gasteiger partial charge is 0.136 e. The minimum absolute atomic E-state index is 0.714. The highest BCUT2D eigenvalue weighted by molar-refractivity contribution is 9.10. The minimum Gasteiger partial charge on any atom is -0.302 e. The fourth-order valence-electron chi connectivity index (χ4n) is 3.40. The Bertz CT molecular complexity index is 670. The van der Waals surface area contributed by atoms with E-state index in [0.717, 1.165) is 29.8 Å². The Labute approximate surface area is 133 Å². The molecule has 2 aliphatic rings. The van der Waals surface area contributed by atoms with E-state index >= 15 is 0 Å². The summed E-state index contributed by atoms with van der Waals surface area (Å²) >= 11 is 3.54. The van der Waals surface area contributed by atoms with Crippen molar-refractivity contribution in [3.63, 3.8) is 0 Å². The molecule has 0 aliphatic carbocycles. The molecule has 1 fully saturated rings. The fraction of sp³-hybridized carbons (Fsp3) is 0.438. The van der Waals surface area contributed by atoms with Crippen LogP contribution in [0.15, 0.2) is 41.2 Å². The van der Waals surface area contributed by atoms with Gasteiger partial charge in [0, 0.05) is 49.4 Å². The van der Waals surface area contributed by atoms with Crippen LogP contribution in [0.25, 0.3) is 5.65 Å². The Balaban J connectivity index is 1.47. The van der Waals surface area contributed by atoms with Crippen molar-refractivity contribution in [1.29, 1.82) is 0 Å². The van der Waals surface area contributed by atoms with Gasteiger partial charge in [-0.1, -0.05) is 12.2 Å². The molecular weight excluding hydrogens is 328 g/mol. The van der Waals surface area contributed by atoms with Crippen LogP contribution in [0.3, 0.4) is 0 Å². The van der Waals surface area contributed by atoms with Gasteiger partial charge < -0.3 is 4.40 Å². The van der Waals surface area contributed by atoms with Crippen molar-refractivity contribution >= 4 is 21.6 Å². The number of aromatic nitrogens is 2. The van der Waals surface area contributed by atoms with Crippen molar-refractivity contribution in [3.8, 4) is 0 Å². The Kier molecular flexibility index (Phi) is 3.57. The van der Waals surface area contributed by atoms with Crippen LogP contribution in [0.2, 0.25) is 0 Å². The van der Waals surface area contributed by atoms with Crippen molar-refractivity contribution < 1.29 is 0 Å². The van der Waals surface area contributed by atoms with E-state index in [1.807, 2.05) is 12.3 Å². The van der Waals surface area contributed by atoms with E-state index in [4.69, 9.17) is 0 Å². The molecule has 0 amide bonds. The normalized spacial score (nSPS) is 23.6. The number of hydrogen-bond donors (Lipinski definition) is 0. The maximum Gasteiger partial charge on any atom is 0.136 e. The van der Waals surface area contributed by atoms with Crippen molar-refractivity contribution in [1.82, 2.24) is 19.2 Å². The van der Waals surface area contributed by atoms with Gasteiger partial charge in [0.1, 0.15) is 5.65 Å². The van der Waals surface area contributed by atoms with Crippen LogP contribution in [0.5, 0.6) is 0 Å². The van der Waals surface area contributed by atoms with E-state index in [1.54, 1.807) is 0 Å². The summed E-state index contributed by atoms with van der Waals surface area (Å²) < 4.78 is 3.28. The molecule has 0 aromatic carbocycles. The third kappa shape index (κ3) is 2.65. The predicted octanol–water partition coefficient (Wildman–Crippen LogP) is 2.54. The first-order valence-electron chi connectivity index (χ1n) is 7.52. The third-order valence-corrected chi connectivity index (χ3v) is 5.01. The molecule has 4 rings (SSSR count). The highest BCUT2D eigenvalue weighted by Crippen LogP contribution is 2.21. The topological polar surface area (TPSA) is 23.8 Å². The molecule has 0 spiro atoms. The molecule has 1 atom stereocenters. The quantitative estimate of drug-likeness (QED) is 0.798. The van der Waals surface area contributed by atoms with Gasteiger partial charge in [0.25, 0.3) is 0 Å². The van der Waals surface area contributed by atoms with Gasteiger partial charge >= 0.3 is 0 Å². The summed E-state index contributed by atoms with van der Waals surface area (Å²) in [5, 5.41) is 0. The SMILES string of the molecule is Brc1ccc2ncc(CN3CC[C@H](N4CC=CC4)C3)n2c1. The first-order chi connectivity index (χ1) is 10.3. The molecule has 2 aromatic rings. The molecule has 21 heavy (non-hydrogen) atoms.